The van der Waals surface area contributed by atoms with Crippen LogP contribution in [0.1, 0.15) is 28.5 Å². The first kappa shape index (κ1) is 24.7. The van der Waals surface area contributed by atoms with Gasteiger partial charge in [0.2, 0.25) is 0 Å². The third kappa shape index (κ3) is 5.78. The van der Waals surface area contributed by atoms with E-state index in [0.717, 1.165) is 22.9 Å². The molecular weight excluding hydrogens is 496 g/mol. The number of carbonyl (C=O) groups is 2. The van der Waals surface area contributed by atoms with Crippen molar-refractivity contribution in [1.82, 2.24) is 15.1 Å². The summed E-state index contributed by atoms with van der Waals surface area (Å²) in [4.78, 5) is 36.7. The number of carboxylic acids is 1. The number of H-pyrrole nitrogens is 1. The van der Waals surface area contributed by atoms with Gasteiger partial charge in [0, 0.05) is 17.2 Å². The van der Waals surface area contributed by atoms with Gasteiger partial charge in [-0.25, -0.2) is 13.5 Å². The van der Waals surface area contributed by atoms with Gasteiger partial charge in [0.25, 0.3) is 11.5 Å². The van der Waals surface area contributed by atoms with Crippen LogP contribution in [0.2, 0.25) is 5.02 Å². The lowest BCUT2D eigenvalue weighted by Crippen LogP contribution is -2.30. The van der Waals surface area contributed by atoms with Crippen LogP contribution < -0.4 is 15.6 Å². The van der Waals surface area contributed by atoms with Crippen molar-refractivity contribution in [2.45, 2.75) is 12.5 Å². The molecule has 0 bridgehead atoms. The lowest BCUT2D eigenvalue weighted by atomic mass is 10.0. The first-order valence-electron chi connectivity index (χ1n) is 10.5. The molecule has 4 rings (SSSR count). The summed E-state index contributed by atoms with van der Waals surface area (Å²) in [5, 5.41) is 14.9. The highest BCUT2D eigenvalue weighted by Gasteiger charge is 2.22. The minimum Gasteiger partial charge on any atom is -0.481 e. The molecule has 36 heavy (non-hydrogen) atoms. The van der Waals surface area contributed by atoms with E-state index in [0.29, 0.717) is 28.2 Å². The van der Waals surface area contributed by atoms with Crippen LogP contribution in [0.25, 0.3) is 5.69 Å². The van der Waals surface area contributed by atoms with Crippen molar-refractivity contribution >= 4 is 23.5 Å². The number of aromatic amines is 1. The van der Waals surface area contributed by atoms with Crippen LogP contribution in [-0.4, -0.2) is 26.8 Å². The number of hydrogen-bond donors (Lipinski definition) is 3. The zero-order valence-electron chi connectivity index (χ0n) is 18.4. The van der Waals surface area contributed by atoms with E-state index in [1.54, 1.807) is 48.5 Å². The SMILES string of the molecule is O=C(O)CC(NC(=O)c1cc(=O)n(-c2ccc(F)cc2F)[nH]1)c1cccc(Oc2ccc(Cl)cc2)c1. The Balaban J connectivity index is 1.57. The summed E-state index contributed by atoms with van der Waals surface area (Å²) in [7, 11) is 0. The number of carboxylic acid groups (broad SMARTS) is 1. The fraction of sp³-hybridized carbons (Fsp3) is 0.0800. The molecule has 4 aromatic rings. The van der Waals surface area contributed by atoms with Crippen LogP contribution in [0.3, 0.4) is 0 Å². The number of halogens is 3. The van der Waals surface area contributed by atoms with Gasteiger partial charge in [0.1, 0.15) is 28.7 Å². The predicted molar refractivity (Wildman–Crippen MR) is 127 cm³/mol. The lowest BCUT2D eigenvalue weighted by molar-refractivity contribution is -0.137. The van der Waals surface area contributed by atoms with Gasteiger partial charge in [0.05, 0.1) is 12.5 Å². The van der Waals surface area contributed by atoms with E-state index in [9.17, 15) is 28.3 Å². The molecule has 1 heterocycles. The Labute approximate surface area is 207 Å². The second-order valence-electron chi connectivity index (χ2n) is 7.69. The highest BCUT2D eigenvalue weighted by Crippen LogP contribution is 2.27. The molecule has 3 N–H and O–H groups in total. The molecular formula is C25H18ClF2N3O5. The number of aliphatic carboxylic acids is 1. The number of carbonyl (C=O) groups excluding carboxylic acids is 1. The molecule has 1 amide bonds. The molecule has 1 atom stereocenters. The molecule has 0 spiro atoms. The molecule has 1 aromatic heterocycles. The molecule has 3 aromatic carbocycles. The molecule has 0 saturated carbocycles. The van der Waals surface area contributed by atoms with Crippen molar-refractivity contribution in [2.75, 3.05) is 0 Å². The van der Waals surface area contributed by atoms with Gasteiger partial charge in [-0.3, -0.25) is 19.5 Å². The number of hydrogen-bond acceptors (Lipinski definition) is 4. The van der Waals surface area contributed by atoms with E-state index < -0.39 is 41.5 Å². The Bertz CT molecular complexity index is 1480. The molecule has 8 nitrogen and oxygen atoms in total. The maximum atomic E-state index is 14.1. The largest absolute Gasteiger partial charge is 0.481 e. The third-order valence-corrected chi connectivity index (χ3v) is 5.36. The summed E-state index contributed by atoms with van der Waals surface area (Å²) in [5.74, 6) is -2.92. The van der Waals surface area contributed by atoms with E-state index in [4.69, 9.17) is 16.3 Å². The average Bonchev–Trinajstić information content (AvgIpc) is 3.21. The predicted octanol–water partition coefficient (Wildman–Crippen LogP) is 4.84. The number of nitrogens with zero attached hydrogens (tertiary/aromatic N) is 1. The zero-order chi connectivity index (χ0) is 25.8. The van der Waals surface area contributed by atoms with Gasteiger partial charge in [-0.1, -0.05) is 23.7 Å². The number of nitrogens with one attached hydrogen (secondary N) is 2. The Hall–Kier alpha value is -4.44. The maximum absolute atomic E-state index is 14.1. The normalized spacial score (nSPS) is 11.6. The van der Waals surface area contributed by atoms with Crippen molar-refractivity contribution in [3.05, 3.63) is 111 Å². The minimum atomic E-state index is -1.18. The lowest BCUT2D eigenvalue weighted by Gasteiger charge is -2.18. The number of rotatable bonds is 8. The van der Waals surface area contributed by atoms with Gasteiger partial charge >= 0.3 is 5.97 Å². The van der Waals surface area contributed by atoms with Crippen LogP contribution in [0.5, 0.6) is 11.5 Å². The highest BCUT2D eigenvalue weighted by molar-refractivity contribution is 6.30. The monoisotopic (exact) mass is 513 g/mol. The van der Waals surface area contributed by atoms with Gasteiger partial charge < -0.3 is 15.2 Å². The van der Waals surface area contributed by atoms with Crippen LogP contribution in [0.4, 0.5) is 8.78 Å². The summed E-state index contributed by atoms with van der Waals surface area (Å²) in [6, 6.07) is 15.7. The van der Waals surface area contributed by atoms with Crippen molar-refractivity contribution in [3.8, 4) is 17.2 Å². The molecule has 184 valence electrons. The topological polar surface area (TPSA) is 113 Å². The summed E-state index contributed by atoms with van der Waals surface area (Å²) in [6.45, 7) is 0. The Morgan fingerprint density at radius 2 is 1.78 bits per heavy atom. The first-order valence-corrected chi connectivity index (χ1v) is 10.9. The van der Waals surface area contributed by atoms with Crippen LogP contribution in [-0.2, 0) is 4.79 Å². The van der Waals surface area contributed by atoms with E-state index in [1.165, 1.54) is 0 Å². The molecule has 0 aliphatic carbocycles. The molecule has 1 unspecified atom stereocenters. The summed E-state index contributed by atoms with van der Waals surface area (Å²) < 4.78 is 33.8. The van der Waals surface area contributed by atoms with Gasteiger partial charge in [0.15, 0.2) is 5.82 Å². The number of ether oxygens (including phenoxy) is 1. The first-order chi connectivity index (χ1) is 17.2. The van der Waals surface area contributed by atoms with E-state index >= 15 is 0 Å². The van der Waals surface area contributed by atoms with Crippen molar-refractivity contribution in [2.24, 2.45) is 0 Å². The Morgan fingerprint density at radius 3 is 2.47 bits per heavy atom. The van der Waals surface area contributed by atoms with Gasteiger partial charge in [-0.05, 0) is 54.1 Å². The van der Waals surface area contributed by atoms with Crippen molar-refractivity contribution in [3.63, 3.8) is 0 Å². The van der Waals surface area contributed by atoms with E-state index in [1.807, 2.05) is 0 Å². The van der Waals surface area contributed by atoms with Crippen LogP contribution in [0.15, 0.2) is 77.6 Å². The van der Waals surface area contributed by atoms with E-state index in [-0.39, 0.29) is 11.4 Å². The minimum absolute atomic E-state index is 0.243. The second-order valence-corrected chi connectivity index (χ2v) is 8.13. The summed E-state index contributed by atoms with van der Waals surface area (Å²) >= 11 is 5.88. The highest BCUT2D eigenvalue weighted by atomic mass is 35.5. The van der Waals surface area contributed by atoms with Crippen molar-refractivity contribution in [1.29, 1.82) is 0 Å². The Kier molecular flexibility index (Phi) is 7.16. The molecule has 11 heteroatoms. The van der Waals surface area contributed by atoms with Gasteiger partial charge in [-0.15, -0.1) is 0 Å². The van der Waals surface area contributed by atoms with E-state index in [2.05, 4.69) is 10.4 Å². The smallest absolute Gasteiger partial charge is 0.305 e. The molecule has 0 aliphatic rings. The number of amides is 1. The molecule has 0 aliphatic heterocycles. The molecule has 0 fully saturated rings. The second kappa shape index (κ2) is 10.4. The maximum Gasteiger partial charge on any atom is 0.305 e. The van der Waals surface area contributed by atoms with Crippen LogP contribution in [0, 0.1) is 11.6 Å². The number of aromatic nitrogens is 2. The van der Waals surface area contributed by atoms with Crippen LogP contribution >= 0.6 is 11.6 Å². The third-order valence-electron chi connectivity index (χ3n) is 5.11. The fourth-order valence-corrected chi connectivity index (χ4v) is 3.58. The molecule has 0 radical (unpaired) electrons. The number of benzene rings is 3. The summed E-state index contributed by atoms with van der Waals surface area (Å²) in [5.41, 5.74) is -0.857. The van der Waals surface area contributed by atoms with Gasteiger partial charge in [-0.2, -0.15) is 0 Å². The molecule has 0 saturated heterocycles. The standard InChI is InChI=1S/C25H18ClF2N3O5/c26-15-4-7-17(8-5-15)36-18-3-1-2-14(10-18)20(13-24(33)34)29-25(35)21-12-23(32)31(30-21)22-9-6-16(27)11-19(22)28/h1-12,20,30H,13H2,(H,29,35)(H,33,34). The zero-order valence-corrected chi connectivity index (χ0v) is 19.1. The fourth-order valence-electron chi connectivity index (χ4n) is 3.45. The van der Waals surface area contributed by atoms with Crippen molar-refractivity contribution < 1.29 is 28.2 Å². The Morgan fingerprint density at radius 1 is 1.03 bits per heavy atom. The average molecular weight is 514 g/mol. The summed E-state index contributed by atoms with van der Waals surface area (Å²) in [6.07, 6.45) is -0.465. The quantitative estimate of drug-likeness (QED) is 0.312.